The van der Waals surface area contributed by atoms with E-state index in [1.807, 2.05) is 12.1 Å². The molecule has 0 aromatic heterocycles. The molecule has 3 atom stereocenters. The maximum absolute atomic E-state index is 6.28. The maximum atomic E-state index is 6.28. The van der Waals surface area contributed by atoms with Crippen molar-refractivity contribution >= 4 is 0 Å². The molecule has 1 aliphatic rings. The largest absolute Gasteiger partial charge is 0.489 e. The topological polar surface area (TPSA) is 35.2 Å². The number of ether oxygens (including phenoxy) is 1. The van der Waals surface area contributed by atoms with Gasteiger partial charge in [-0.3, -0.25) is 0 Å². The van der Waals surface area contributed by atoms with Gasteiger partial charge in [-0.25, -0.2) is 0 Å². The first-order chi connectivity index (χ1) is 10.2. The summed E-state index contributed by atoms with van der Waals surface area (Å²) < 4.78 is 6.18. The molecule has 0 spiro atoms. The van der Waals surface area contributed by atoms with Crippen molar-refractivity contribution < 1.29 is 4.74 Å². The summed E-state index contributed by atoms with van der Waals surface area (Å²) in [5.41, 5.74) is 8.90. The van der Waals surface area contributed by atoms with E-state index in [4.69, 9.17) is 10.5 Å². The second-order valence-corrected chi connectivity index (χ2v) is 6.06. The molecule has 2 nitrogen and oxygen atoms in total. The van der Waals surface area contributed by atoms with Crippen molar-refractivity contribution in [3.63, 3.8) is 0 Å². The van der Waals surface area contributed by atoms with E-state index in [2.05, 4.69) is 49.4 Å². The number of benzene rings is 2. The van der Waals surface area contributed by atoms with Crippen LogP contribution in [-0.4, -0.2) is 12.1 Å². The highest BCUT2D eigenvalue weighted by Crippen LogP contribution is 2.34. The van der Waals surface area contributed by atoms with Gasteiger partial charge in [0.25, 0.3) is 0 Å². The lowest BCUT2D eigenvalue weighted by Crippen LogP contribution is -2.43. The van der Waals surface area contributed by atoms with Crippen LogP contribution in [0.1, 0.15) is 36.3 Å². The first-order valence-electron chi connectivity index (χ1n) is 7.76. The minimum absolute atomic E-state index is 0.103. The quantitative estimate of drug-likeness (QED) is 0.921. The lowest BCUT2D eigenvalue weighted by molar-refractivity contribution is 0.121. The highest BCUT2D eigenvalue weighted by molar-refractivity contribution is 5.28. The van der Waals surface area contributed by atoms with Gasteiger partial charge in [0.05, 0.1) is 0 Å². The van der Waals surface area contributed by atoms with E-state index in [0.29, 0.717) is 5.92 Å². The van der Waals surface area contributed by atoms with Crippen LogP contribution in [0.4, 0.5) is 0 Å². The first kappa shape index (κ1) is 14.2. The summed E-state index contributed by atoms with van der Waals surface area (Å²) in [6.45, 7) is 2.08. The molecular weight excluding hydrogens is 258 g/mol. The first-order valence-corrected chi connectivity index (χ1v) is 7.76. The Morgan fingerprint density at radius 2 is 1.81 bits per heavy atom. The van der Waals surface area contributed by atoms with Crippen LogP contribution in [-0.2, 0) is 0 Å². The van der Waals surface area contributed by atoms with Crippen molar-refractivity contribution in [1.82, 2.24) is 0 Å². The molecule has 3 unspecified atom stereocenters. The normalized spacial score (nSPS) is 25.5. The van der Waals surface area contributed by atoms with E-state index in [1.165, 1.54) is 11.1 Å². The standard InChI is InChI=1S/C19H23NO/c1-14-6-5-9-17(12-14)21-19-13-16(10-11-18(19)20)15-7-3-2-4-8-15/h2-9,12,16,18-19H,10-11,13,20H2,1H3. The molecule has 3 rings (SSSR count). The van der Waals surface area contributed by atoms with Crippen molar-refractivity contribution in [3.05, 3.63) is 65.7 Å². The molecule has 0 amide bonds. The number of nitrogens with two attached hydrogens (primary N) is 1. The molecule has 1 saturated carbocycles. The Morgan fingerprint density at radius 1 is 1.00 bits per heavy atom. The van der Waals surface area contributed by atoms with E-state index < -0.39 is 0 Å². The second-order valence-electron chi connectivity index (χ2n) is 6.06. The van der Waals surface area contributed by atoms with Crippen LogP contribution in [0.15, 0.2) is 54.6 Å². The van der Waals surface area contributed by atoms with E-state index >= 15 is 0 Å². The van der Waals surface area contributed by atoms with Crippen molar-refractivity contribution in [2.45, 2.75) is 44.2 Å². The van der Waals surface area contributed by atoms with Gasteiger partial charge in [0, 0.05) is 6.04 Å². The minimum atomic E-state index is 0.103. The fourth-order valence-electron chi connectivity index (χ4n) is 3.18. The Balaban J connectivity index is 1.72. The Morgan fingerprint density at radius 3 is 2.57 bits per heavy atom. The Bertz CT molecular complexity index is 581. The zero-order valence-electron chi connectivity index (χ0n) is 12.5. The Labute approximate surface area is 126 Å². The molecule has 0 aliphatic heterocycles. The van der Waals surface area contributed by atoms with Crippen molar-refractivity contribution in [3.8, 4) is 5.75 Å². The molecule has 110 valence electrons. The summed E-state index contributed by atoms with van der Waals surface area (Å²) in [7, 11) is 0. The Hall–Kier alpha value is -1.80. The third-order valence-corrected chi connectivity index (χ3v) is 4.39. The summed E-state index contributed by atoms with van der Waals surface area (Å²) >= 11 is 0. The predicted molar refractivity (Wildman–Crippen MR) is 86.6 cm³/mol. The summed E-state index contributed by atoms with van der Waals surface area (Å²) in [4.78, 5) is 0. The third-order valence-electron chi connectivity index (χ3n) is 4.39. The molecule has 1 aliphatic carbocycles. The highest BCUT2D eigenvalue weighted by atomic mass is 16.5. The summed E-state index contributed by atoms with van der Waals surface area (Å²) in [6, 6.07) is 19.1. The predicted octanol–water partition coefficient (Wildman–Crippen LogP) is 4.04. The van der Waals surface area contributed by atoms with Crippen LogP contribution in [0.25, 0.3) is 0 Å². The number of hydrogen-bond donors (Lipinski definition) is 1. The smallest absolute Gasteiger partial charge is 0.120 e. The van der Waals surface area contributed by atoms with Crippen molar-refractivity contribution in [2.75, 3.05) is 0 Å². The zero-order valence-corrected chi connectivity index (χ0v) is 12.5. The van der Waals surface area contributed by atoms with E-state index in [9.17, 15) is 0 Å². The van der Waals surface area contributed by atoms with Gasteiger partial charge in [-0.1, -0.05) is 42.5 Å². The van der Waals surface area contributed by atoms with Gasteiger partial charge in [-0.05, 0) is 55.4 Å². The molecule has 2 N–H and O–H groups in total. The third kappa shape index (κ3) is 3.45. The monoisotopic (exact) mass is 281 g/mol. The molecule has 1 fully saturated rings. The van der Waals surface area contributed by atoms with Gasteiger partial charge in [-0.2, -0.15) is 0 Å². The van der Waals surface area contributed by atoms with Crippen LogP contribution < -0.4 is 10.5 Å². The van der Waals surface area contributed by atoms with E-state index in [0.717, 1.165) is 25.0 Å². The fraction of sp³-hybridized carbons (Fsp3) is 0.368. The molecule has 2 aromatic carbocycles. The van der Waals surface area contributed by atoms with Crippen LogP contribution >= 0.6 is 0 Å². The molecule has 2 heteroatoms. The number of hydrogen-bond acceptors (Lipinski definition) is 2. The van der Waals surface area contributed by atoms with Gasteiger partial charge >= 0.3 is 0 Å². The molecule has 0 bridgehead atoms. The Kier molecular flexibility index (Phi) is 4.26. The molecular formula is C19H23NO. The van der Waals surface area contributed by atoms with Crippen LogP contribution in [0.2, 0.25) is 0 Å². The van der Waals surface area contributed by atoms with Crippen molar-refractivity contribution in [2.24, 2.45) is 5.73 Å². The molecule has 2 aromatic rings. The lowest BCUT2D eigenvalue weighted by Gasteiger charge is -2.34. The zero-order chi connectivity index (χ0) is 14.7. The molecule has 21 heavy (non-hydrogen) atoms. The van der Waals surface area contributed by atoms with Gasteiger partial charge < -0.3 is 10.5 Å². The summed E-state index contributed by atoms with van der Waals surface area (Å²) in [5, 5.41) is 0. The van der Waals surface area contributed by atoms with Crippen LogP contribution in [0, 0.1) is 6.92 Å². The maximum Gasteiger partial charge on any atom is 0.120 e. The fourth-order valence-corrected chi connectivity index (χ4v) is 3.18. The van der Waals surface area contributed by atoms with Crippen LogP contribution in [0.3, 0.4) is 0 Å². The summed E-state index contributed by atoms with van der Waals surface area (Å²) in [5.74, 6) is 1.49. The summed E-state index contributed by atoms with van der Waals surface area (Å²) in [6.07, 6.45) is 3.28. The minimum Gasteiger partial charge on any atom is -0.489 e. The lowest BCUT2D eigenvalue weighted by atomic mass is 9.80. The molecule has 0 radical (unpaired) electrons. The van der Waals surface area contributed by atoms with Gasteiger partial charge in [0.1, 0.15) is 11.9 Å². The second kappa shape index (κ2) is 6.31. The molecule has 0 heterocycles. The molecule has 0 saturated heterocycles. The van der Waals surface area contributed by atoms with Crippen LogP contribution in [0.5, 0.6) is 5.75 Å². The number of aryl methyl sites for hydroxylation is 1. The van der Waals surface area contributed by atoms with E-state index in [1.54, 1.807) is 0 Å². The van der Waals surface area contributed by atoms with Gasteiger partial charge in [0.2, 0.25) is 0 Å². The SMILES string of the molecule is Cc1cccc(OC2CC(c3ccccc3)CCC2N)c1. The van der Waals surface area contributed by atoms with E-state index in [-0.39, 0.29) is 12.1 Å². The average Bonchev–Trinajstić information content (AvgIpc) is 2.50. The average molecular weight is 281 g/mol. The van der Waals surface area contributed by atoms with Crippen molar-refractivity contribution in [1.29, 1.82) is 0 Å². The highest BCUT2D eigenvalue weighted by Gasteiger charge is 2.30. The van der Waals surface area contributed by atoms with Gasteiger partial charge in [0.15, 0.2) is 0 Å². The number of rotatable bonds is 3. The van der Waals surface area contributed by atoms with Gasteiger partial charge in [-0.15, -0.1) is 0 Å².